The van der Waals surface area contributed by atoms with Crippen LogP contribution in [-0.4, -0.2) is 64.7 Å². The summed E-state index contributed by atoms with van der Waals surface area (Å²) in [7, 11) is 0. The minimum absolute atomic E-state index is 0.0889. The van der Waals surface area contributed by atoms with Gasteiger partial charge in [0.1, 0.15) is 0 Å². The molecule has 8 heteroatoms. The summed E-state index contributed by atoms with van der Waals surface area (Å²) in [6, 6.07) is 16.6. The lowest BCUT2D eigenvalue weighted by Gasteiger charge is -2.36. The highest BCUT2D eigenvalue weighted by atomic mass is 32.2. The summed E-state index contributed by atoms with van der Waals surface area (Å²) in [5, 5.41) is 3.64. The van der Waals surface area contributed by atoms with Gasteiger partial charge < -0.3 is 15.1 Å². The van der Waals surface area contributed by atoms with Crippen molar-refractivity contribution in [3.05, 3.63) is 72.1 Å². The minimum Gasteiger partial charge on any atom is -0.368 e. The molecule has 1 aromatic heterocycles. The van der Waals surface area contributed by atoms with Crippen LogP contribution in [0.15, 0.2) is 66.1 Å². The van der Waals surface area contributed by atoms with Gasteiger partial charge in [-0.25, -0.2) is 4.98 Å². The van der Waals surface area contributed by atoms with Crippen LogP contribution in [0.4, 0.5) is 5.69 Å². The molecule has 1 aliphatic heterocycles. The number of piperazine rings is 1. The molecular weight excluding hydrogens is 446 g/mol. The number of hydrogen-bond donors (Lipinski definition) is 1. The summed E-state index contributed by atoms with van der Waals surface area (Å²) >= 11 is 1.39. The Balaban J connectivity index is 1.18. The van der Waals surface area contributed by atoms with Crippen LogP contribution < -0.4 is 10.2 Å². The van der Waals surface area contributed by atoms with Crippen molar-refractivity contribution in [2.75, 3.05) is 43.4 Å². The number of carbonyl (C=O) groups excluding carboxylic acids is 2. The van der Waals surface area contributed by atoms with Crippen LogP contribution in [0.2, 0.25) is 0 Å². The van der Waals surface area contributed by atoms with E-state index < -0.39 is 0 Å². The Morgan fingerprint density at radius 1 is 0.971 bits per heavy atom. The van der Waals surface area contributed by atoms with Crippen molar-refractivity contribution in [2.45, 2.75) is 25.4 Å². The third kappa shape index (κ3) is 6.20. The standard InChI is InChI=1S/C26H31N5O2S/c1-20-16-21(2)18-23(17-20)31-11-10-28-26(31)34-19-24(32)27-9-8-25(33)30-14-12-29(13-15-30)22-6-4-3-5-7-22/h3-7,10-11,16-18H,8-9,12-15,19H2,1-2H3,(H,27,32). The molecule has 0 unspecified atom stereocenters. The zero-order valence-electron chi connectivity index (χ0n) is 19.7. The van der Waals surface area contributed by atoms with Gasteiger partial charge in [0.05, 0.1) is 5.75 Å². The highest BCUT2D eigenvalue weighted by Gasteiger charge is 2.21. The number of hydrogen-bond acceptors (Lipinski definition) is 5. The molecule has 1 N–H and O–H groups in total. The molecule has 0 aliphatic carbocycles. The quantitative estimate of drug-likeness (QED) is 0.504. The number of nitrogens with one attached hydrogen (secondary N) is 1. The highest BCUT2D eigenvalue weighted by molar-refractivity contribution is 7.99. The van der Waals surface area contributed by atoms with Crippen molar-refractivity contribution in [1.82, 2.24) is 19.8 Å². The lowest BCUT2D eigenvalue weighted by molar-refractivity contribution is -0.131. The Hall–Kier alpha value is -3.26. The van der Waals surface area contributed by atoms with Crippen molar-refractivity contribution in [3.8, 4) is 5.69 Å². The lowest BCUT2D eigenvalue weighted by Crippen LogP contribution is -2.49. The number of carbonyl (C=O) groups is 2. The maximum atomic E-state index is 12.6. The highest BCUT2D eigenvalue weighted by Crippen LogP contribution is 2.22. The van der Waals surface area contributed by atoms with E-state index >= 15 is 0 Å². The van der Waals surface area contributed by atoms with Gasteiger partial charge in [-0.2, -0.15) is 0 Å². The molecule has 7 nitrogen and oxygen atoms in total. The maximum Gasteiger partial charge on any atom is 0.230 e. The molecule has 1 fully saturated rings. The first-order valence-corrected chi connectivity index (χ1v) is 12.6. The number of aromatic nitrogens is 2. The number of para-hydroxylation sites is 1. The average Bonchev–Trinajstić information content (AvgIpc) is 3.31. The van der Waals surface area contributed by atoms with Crippen LogP contribution in [0.3, 0.4) is 0 Å². The van der Waals surface area contributed by atoms with Crippen molar-refractivity contribution >= 4 is 29.3 Å². The van der Waals surface area contributed by atoms with E-state index in [1.54, 1.807) is 6.20 Å². The van der Waals surface area contributed by atoms with Crippen molar-refractivity contribution < 1.29 is 9.59 Å². The number of imidazole rings is 1. The molecule has 2 aromatic carbocycles. The van der Waals surface area contributed by atoms with Gasteiger partial charge in [0, 0.05) is 62.9 Å². The molecule has 34 heavy (non-hydrogen) atoms. The molecule has 4 rings (SSSR count). The van der Waals surface area contributed by atoms with Crippen LogP contribution in [0.1, 0.15) is 17.5 Å². The van der Waals surface area contributed by atoms with E-state index in [-0.39, 0.29) is 17.6 Å². The van der Waals surface area contributed by atoms with Gasteiger partial charge >= 0.3 is 0 Å². The normalized spacial score (nSPS) is 13.7. The van der Waals surface area contributed by atoms with E-state index in [0.29, 0.717) is 26.1 Å². The second-order valence-electron chi connectivity index (χ2n) is 8.52. The van der Waals surface area contributed by atoms with E-state index in [9.17, 15) is 9.59 Å². The fourth-order valence-corrected chi connectivity index (χ4v) is 4.99. The fraction of sp³-hybridized carbons (Fsp3) is 0.346. The molecule has 1 saturated heterocycles. The number of anilines is 1. The van der Waals surface area contributed by atoms with Crippen molar-refractivity contribution in [2.24, 2.45) is 0 Å². The lowest BCUT2D eigenvalue weighted by atomic mass is 10.1. The first kappa shape index (κ1) is 23.9. The van der Waals surface area contributed by atoms with E-state index in [2.05, 4.69) is 59.4 Å². The number of thioether (sulfide) groups is 1. The van der Waals surface area contributed by atoms with Crippen molar-refractivity contribution in [3.63, 3.8) is 0 Å². The Morgan fingerprint density at radius 3 is 2.38 bits per heavy atom. The van der Waals surface area contributed by atoms with Gasteiger partial charge in [-0.1, -0.05) is 36.0 Å². The summed E-state index contributed by atoms with van der Waals surface area (Å²) in [6.45, 7) is 7.55. The zero-order valence-corrected chi connectivity index (χ0v) is 20.6. The summed E-state index contributed by atoms with van der Waals surface area (Å²) in [5.41, 5.74) is 4.60. The van der Waals surface area contributed by atoms with E-state index in [0.717, 1.165) is 23.9 Å². The first-order valence-electron chi connectivity index (χ1n) is 11.6. The van der Waals surface area contributed by atoms with E-state index in [1.807, 2.05) is 33.9 Å². The molecule has 0 saturated carbocycles. The Labute approximate surface area is 205 Å². The molecule has 0 radical (unpaired) electrons. The van der Waals surface area contributed by atoms with Crippen LogP contribution >= 0.6 is 11.8 Å². The fourth-order valence-electron chi connectivity index (χ4n) is 4.18. The second kappa shape index (κ2) is 11.2. The van der Waals surface area contributed by atoms with E-state index in [1.165, 1.54) is 28.6 Å². The largest absolute Gasteiger partial charge is 0.368 e. The molecular formula is C26H31N5O2S. The monoisotopic (exact) mass is 477 g/mol. The molecule has 3 aromatic rings. The van der Waals surface area contributed by atoms with Crippen LogP contribution in [0.25, 0.3) is 5.69 Å². The number of benzene rings is 2. The second-order valence-corrected chi connectivity index (χ2v) is 9.46. The summed E-state index contributed by atoms with van der Waals surface area (Å²) in [5.74, 6) is 0.249. The zero-order chi connectivity index (χ0) is 23.9. The van der Waals surface area contributed by atoms with Gasteiger partial charge in [0.25, 0.3) is 0 Å². The average molecular weight is 478 g/mol. The predicted molar refractivity (Wildman–Crippen MR) is 137 cm³/mol. The SMILES string of the molecule is Cc1cc(C)cc(-n2ccnc2SCC(=O)NCCC(=O)N2CCN(c3ccccc3)CC2)c1. The Morgan fingerprint density at radius 2 is 1.68 bits per heavy atom. The Bertz CT molecular complexity index is 1100. The number of aryl methyl sites for hydroxylation is 2. The number of rotatable bonds is 8. The van der Waals surface area contributed by atoms with Crippen molar-refractivity contribution in [1.29, 1.82) is 0 Å². The summed E-state index contributed by atoms with van der Waals surface area (Å²) < 4.78 is 2.00. The molecule has 2 amide bonds. The third-order valence-electron chi connectivity index (χ3n) is 5.84. The van der Waals surface area contributed by atoms with Gasteiger partial charge in [-0.05, 0) is 49.2 Å². The Kier molecular flexibility index (Phi) is 7.90. The van der Waals surface area contributed by atoms with E-state index in [4.69, 9.17) is 0 Å². The molecule has 0 bridgehead atoms. The molecule has 0 atom stereocenters. The van der Waals surface area contributed by atoms with Crippen LogP contribution in [-0.2, 0) is 9.59 Å². The van der Waals surface area contributed by atoms with Gasteiger partial charge in [0.15, 0.2) is 5.16 Å². The maximum absolute atomic E-state index is 12.6. The van der Waals surface area contributed by atoms with Gasteiger partial charge in [-0.3, -0.25) is 14.2 Å². The summed E-state index contributed by atoms with van der Waals surface area (Å²) in [6.07, 6.45) is 3.97. The predicted octanol–water partition coefficient (Wildman–Crippen LogP) is 3.44. The topological polar surface area (TPSA) is 70.5 Å². The first-order chi connectivity index (χ1) is 16.5. The molecule has 2 heterocycles. The smallest absolute Gasteiger partial charge is 0.230 e. The number of amides is 2. The molecule has 178 valence electrons. The van der Waals surface area contributed by atoms with Crippen LogP contribution in [0.5, 0.6) is 0 Å². The molecule has 0 spiro atoms. The summed E-state index contributed by atoms with van der Waals surface area (Å²) in [4.78, 5) is 33.5. The van der Waals surface area contributed by atoms with Gasteiger partial charge in [0.2, 0.25) is 11.8 Å². The van der Waals surface area contributed by atoms with Crippen LogP contribution in [0, 0.1) is 13.8 Å². The van der Waals surface area contributed by atoms with Gasteiger partial charge in [-0.15, -0.1) is 0 Å². The number of nitrogens with zero attached hydrogens (tertiary/aromatic N) is 4. The third-order valence-corrected chi connectivity index (χ3v) is 6.81. The minimum atomic E-state index is -0.0957. The molecule has 1 aliphatic rings.